The largest absolute Gasteiger partial charge is 0.423 e. The summed E-state index contributed by atoms with van der Waals surface area (Å²) in [7, 11) is 0. The molecule has 1 aromatic rings. The first-order valence-corrected chi connectivity index (χ1v) is 5.49. The number of rotatable bonds is 3. The van der Waals surface area contributed by atoms with Crippen molar-refractivity contribution in [1.29, 1.82) is 0 Å². The van der Waals surface area contributed by atoms with Crippen molar-refractivity contribution in [2.24, 2.45) is 0 Å². The molecule has 0 amide bonds. The third-order valence-corrected chi connectivity index (χ3v) is 2.39. The van der Waals surface area contributed by atoms with E-state index in [1.165, 1.54) is 0 Å². The molecule has 0 heterocycles. The molecule has 0 saturated heterocycles. The van der Waals surface area contributed by atoms with Crippen molar-refractivity contribution in [3.8, 4) is 0 Å². The summed E-state index contributed by atoms with van der Waals surface area (Å²) in [5.74, 6) is -0.802. The zero-order valence-electron chi connectivity index (χ0n) is 8.95. The monoisotopic (exact) mass is 354 g/mol. The zero-order chi connectivity index (χ0) is 14.8. The van der Waals surface area contributed by atoms with E-state index in [4.69, 9.17) is 0 Å². The Morgan fingerprint density at radius 1 is 1.00 bits per heavy atom. The molecule has 19 heavy (non-hydrogen) atoms. The molecule has 0 bridgehead atoms. The number of benzene rings is 1. The van der Waals surface area contributed by atoms with Crippen molar-refractivity contribution < 1.29 is 35.5 Å². The van der Waals surface area contributed by atoms with Crippen LogP contribution in [0.3, 0.4) is 0 Å². The molecule has 0 spiro atoms. The molecule has 0 saturated carbocycles. The van der Waals surface area contributed by atoms with E-state index in [1.807, 2.05) is 0 Å². The molecular weight excluding hydrogens is 349 g/mol. The van der Waals surface area contributed by atoms with Gasteiger partial charge in [0.1, 0.15) is 5.82 Å². The number of hydrogen-bond acceptors (Lipinski definition) is 1. The lowest BCUT2D eigenvalue weighted by atomic mass is 10.2. The summed E-state index contributed by atoms with van der Waals surface area (Å²) in [5.41, 5.74) is -0.148. The molecular formula is C10H6BrF7O. The Bertz CT molecular complexity index is 406. The first-order valence-electron chi connectivity index (χ1n) is 4.70. The van der Waals surface area contributed by atoms with E-state index < -0.39 is 30.9 Å². The first kappa shape index (κ1) is 16.2. The lowest BCUT2D eigenvalue weighted by Gasteiger charge is -2.23. The SMILES string of the molecule is Fc1cc(Br)cc(COC(C(F)(F)F)C(F)(F)F)c1. The molecule has 1 nitrogen and oxygen atoms in total. The number of hydrogen-bond donors (Lipinski definition) is 0. The van der Waals surface area contributed by atoms with Gasteiger partial charge >= 0.3 is 12.4 Å². The van der Waals surface area contributed by atoms with Gasteiger partial charge in [-0.25, -0.2) is 4.39 Å². The lowest BCUT2D eigenvalue weighted by molar-refractivity contribution is -0.324. The van der Waals surface area contributed by atoms with Gasteiger partial charge in [0.15, 0.2) is 0 Å². The van der Waals surface area contributed by atoms with E-state index >= 15 is 0 Å². The highest BCUT2D eigenvalue weighted by molar-refractivity contribution is 9.10. The summed E-state index contributed by atoms with van der Waals surface area (Å²) < 4.78 is 89.8. The normalized spacial score (nSPS) is 13.1. The average Bonchev–Trinajstić information content (AvgIpc) is 2.11. The van der Waals surface area contributed by atoms with Crippen LogP contribution < -0.4 is 0 Å². The third kappa shape index (κ3) is 4.98. The quantitative estimate of drug-likeness (QED) is 0.721. The van der Waals surface area contributed by atoms with E-state index in [9.17, 15) is 30.7 Å². The number of alkyl halides is 6. The minimum absolute atomic E-state index is 0.148. The minimum atomic E-state index is -5.58. The molecule has 0 fully saturated rings. The van der Waals surface area contributed by atoms with Crippen LogP contribution in [0.5, 0.6) is 0 Å². The van der Waals surface area contributed by atoms with Crippen LogP contribution >= 0.6 is 15.9 Å². The Labute approximate surface area is 111 Å². The molecule has 0 aliphatic heterocycles. The van der Waals surface area contributed by atoms with Crippen LogP contribution in [0.25, 0.3) is 0 Å². The van der Waals surface area contributed by atoms with Crippen molar-refractivity contribution in [3.05, 3.63) is 34.1 Å². The van der Waals surface area contributed by atoms with Crippen molar-refractivity contribution in [2.75, 3.05) is 0 Å². The van der Waals surface area contributed by atoms with Crippen LogP contribution in [0.1, 0.15) is 5.56 Å². The Balaban J connectivity index is 2.83. The highest BCUT2D eigenvalue weighted by atomic mass is 79.9. The summed E-state index contributed by atoms with van der Waals surface area (Å²) in [6.07, 6.45) is -15.1. The standard InChI is InChI=1S/C10H6BrF7O/c11-6-1-5(2-7(12)3-6)4-19-8(9(13,14)15)10(16,17)18/h1-3,8H,4H2. The molecule has 9 heteroatoms. The van der Waals surface area contributed by atoms with Gasteiger partial charge in [-0.05, 0) is 23.8 Å². The van der Waals surface area contributed by atoms with Crippen LogP contribution in [0, 0.1) is 5.82 Å². The van der Waals surface area contributed by atoms with Gasteiger partial charge in [-0.3, -0.25) is 0 Å². The Morgan fingerprint density at radius 2 is 1.53 bits per heavy atom. The second-order valence-corrected chi connectivity index (χ2v) is 4.47. The molecule has 0 aliphatic carbocycles. The zero-order valence-corrected chi connectivity index (χ0v) is 10.5. The van der Waals surface area contributed by atoms with Gasteiger partial charge in [-0.1, -0.05) is 15.9 Å². The van der Waals surface area contributed by atoms with Crippen LogP contribution in [0.2, 0.25) is 0 Å². The summed E-state index contributed by atoms with van der Waals surface area (Å²) in [5, 5.41) is 0. The predicted molar refractivity (Wildman–Crippen MR) is 54.8 cm³/mol. The third-order valence-electron chi connectivity index (χ3n) is 1.93. The van der Waals surface area contributed by atoms with Crippen molar-refractivity contribution in [3.63, 3.8) is 0 Å². The summed E-state index contributed by atoms with van der Waals surface area (Å²) in [6.45, 7) is -1.01. The predicted octanol–water partition coefficient (Wildman–Crippen LogP) is 4.60. The van der Waals surface area contributed by atoms with Crippen molar-refractivity contribution in [2.45, 2.75) is 25.1 Å². The maximum atomic E-state index is 12.9. The molecule has 1 aromatic carbocycles. The average molecular weight is 355 g/mol. The minimum Gasteiger partial charge on any atom is -0.356 e. The fourth-order valence-electron chi connectivity index (χ4n) is 1.25. The van der Waals surface area contributed by atoms with Crippen molar-refractivity contribution >= 4 is 15.9 Å². The van der Waals surface area contributed by atoms with Crippen molar-refractivity contribution in [1.82, 2.24) is 0 Å². The van der Waals surface area contributed by atoms with Gasteiger partial charge < -0.3 is 4.74 Å². The Morgan fingerprint density at radius 3 is 1.95 bits per heavy atom. The highest BCUT2D eigenvalue weighted by Gasteiger charge is 2.57. The summed E-state index contributed by atoms with van der Waals surface area (Å²) in [4.78, 5) is 0. The van der Waals surface area contributed by atoms with Gasteiger partial charge in [-0.2, -0.15) is 26.3 Å². The van der Waals surface area contributed by atoms with Crippen LogP contribution in [-0.4, -0.2) is 18.5 Å². The lowest BCUT2D eigenvalue weighted by Crippen LogP contribution is -2.44. The highest BCUT2D eigenvalue weighted by Crippen LogP contribution is 2.36. The van der Waals surface area contributed by atoms with E-state index in [2.05, 4.69) is 20.7 Å². The van der Waals surface area contributed by atoms with E-state index in [-0.39, 0.29) is 10.0 Å². The summed E-state index contributed by atoms with van der Waals surface area (Å²) in [6, 6.07) is 2.95. The molecule has 0 aromatic heterocycles. The second-order valence-electron chi connectivity index (χ2n) is 3.55. The van der Waals surface area contributed by atoms with Gasteiger partial charge in [0, 0.05) is 4.47 Å². The van der Waals surface area contributed by atoms with Gasteiger partial charge in [-0.15, -0.1) is 0 Å². The van der Waals surface area contributed by atoms with Gasteiger partial charge in [0.05, 0.1) is 6.61 Å². The van der Waals surface area contributed by atoms with Crippen LogP contribution in [0.15, 0.2) is 22.7 Å². The molecule has 0 radical (unpaired) electrons. The smallest absolute Gasteiger partial charge is 0.356 e. The van der Waals surface area contributed by atoms with Crippen LogP contribution in [-0.2, 0) is 11.3 Å². The molecule has 108 valence electrons. The van der Waals surface area contributed by atoms with Gasteiger partial charge in [0.2, 0.25) is 6.10 Å². The topological polar surface area (TPSA) is 9.23 Å². The van der Waals surface area contributed by atoms with Crippen LogP contribution in [0.4, 0.5) is 30.7 Å². The van der Waals surface area contributed by atoms with E-state index in [1.54, 1.807) is 0 Å². The fraction of sp³-hybridized carbons (Fsp3) is 0.400. The Hall–Kier alpha value is -0.830. The fourth-order valence-corrected chi connectivity index (χ4v) is 1.76. The maximum absolute atomic E-state index is 12.9. The second kappa shape index (κ2) is 5.66. The van der Waals surface area contributed by atoms with E-state index in [0.717, 1.165) is 18.2 Å². The molecule has 0 N–H and O–H groups in total. The Kier molecular flexibility index (Phi) is 4.83. The van der Waals surface area contributed by atoms with E-state index in [0.29, 0.717) is 0 Å². The number of halogens is 8. The summed E-state index contributed by atoms with van der Waals surface area (Å²) >= 11 is 2.86. The molecule has 1 rings (SSSR count). The number of ether oxygens (including phenoxy) is 1. The van der Waals surface area contributed by atoms with Gasteiger partial charge in [0.25, 0.3) is 0 Å². The molecule has 0 atom stereocenters. The molecule has 0 aliphatic rings. The first-order chi connectivity index (χ1) is 8.50. The maximum Gasteiger partial charge on any atom is 0.423 e. The molecule has 0 unspecified atom stereocenters.